The van der Waals surface area contributed by atoms with Gasteiger partial charge < -0.3 is 14.8 Å². The predicted octanol–water partition coefficient (Wildman–Crippen LogP) is 3.01. The number of anilines is 1. The summed E-state index contributed by atoms with van der Waals surface area (Å²) in [6.07, 6.45) is 3.37. The Balaban J connectivity index is 1.92. The van der Waals surface area contributed by atoms with Gasteiger partial charge in [0.05, 0.1) is 0 Å². The number of aryl methyl sites for hydroxylation is 1. The minimum atomic E-state index is -0.525. The van der Waals surface area contributed by atoms with Crippen molar-refractivity contribution in [2.45, 2.75) is 6.92 Å². The normalized spacial score (nSPS) is 11.4. The van der Waals surface area contributed by atoms with Gasteiger partial charge in [-0.1, -0.05) is 17.3 Å². The van der Waals surface area contributed by atoms with E-state index in [0.29, 0.717) is 5.76 Å². The number of carbonyl (C=O) groups is 1. The molecule has 2 aromatic heterocycles. The lowest BCUT2D eigenvalue weighted by atomic mass is 10.1. The van der Waals surface area contributed by atoms with Gasteiger partial charge in [-0.15, -0.1) is 0 Å². The molecule has 0 bridgehead atoms. The molecule has 2 N–H and O–H groups in total. The molecule has 6 nitrogen and oxygen atoms in total. The van der Waals surface area contributed by atoms with Crippen molar-refractivity contribution in [1.82, 2.24) is 10.1 Å². The van der Waals surface area contributed by atoms with Crippen molar-refractivity contribution in [2.24, 2.45) is 0 Å². The fraction of sp³-hybridized carbons (Fsp3) is 0.0625. The Labute approximate surface area is 126 Å². The summed E-state index contributed by atoms with van der Waals surface area (Å²) in [5.41, 5.74) is 1.73. The SMILES string of the molecule is Cc1cc(NC(=O)/C(C#N)=C/c2cccc3[nH]ccc23)no1. The lowest BCUT2D eigenvalue weighted by Gasteiger charge is -2.01. The summed E-state index contributed by atoms with van der Waals surface area (Å²) in [5.74, 6) is 0.335. The Kier molecular flexibility index (Phi) is 3.46. The van der Waals surface area contributed by atoms with Crippen molar-refractivity contribution in [3.05, 3.63) is 53.4 Å². The van der Waals surface area contributed by atoms with E-state index in [1.807, 2.05) is 36.5 Å². The van der Waals surface area contributed by atoms with E-state index in [9.17, 15) is 10.1 Å². The smallest absolute Gasteiger partial charge is 0.267 e. The maximum atomic E-state index is 12.1. The molecule has 1 amide bonds. The van der Waals surface area contributed by atoms with Crippen LogP contribution in [0.25, 0.3) is 17.0 Å². The van der Waals surface area contributed by atoms with Gasteiger partial charge in [0.15, 0.2) is 5.82 Å². The number of aromatic nitrogens is 2. The van der Waals surface area contributed by atoms with Crippen molar-refractivity contribution in [1.29, 1.82) is 5.26 Å². The monoisotopic (exact) mass is 292 g/mol. The molecular formula is C16H12N4O2. The van der Waals surface area contributed by atoms with Crippen molar-refractivity contribution >= 4 is 28.7 Å². The third kappa shape index (κ3) is 2.60. The van der Waals surface area contributed by atoms with Crippen LogP contribution >= 0.6 is 0 Å². The van der Waals surface area contributed by atoms with Crippen molar-refractivity contribution in [3.8, 4) is 6.07 Å². The van der Waals surface area contributed by atoms with Crippen LogP contribution in [0.1, 0.15) is 11.3 Å². The Morgan fingerprint density at radius 2 is 2.32 bits per heavy atom. The number of amides is 1. The largest absolute Gasteiger partial charge is 0.361 e. The number of hydrogen-bond donors (Lipinski definition) is 2. The predicted molar refractivity (Wildman–Crippen MR) is 81.8 cm³/mol. The number of rotatable bonds is 3. The number of carbonyl (C=O) groups excluding carboxylic acids is 1. The first-order valence-electron chi connectivity index (χ1n) is 6.60. The van der Waals surface area contributed by atoms with Gasteiger partial charge in [0.1, 0.15) is 17.4 Å². The van der Waals surface area contributed by atoms with Crippen LogP contribution in [0, 0.1) is 18.3 Å². The van der Waals surface area contributed by atoms with Gasteiger partial charge in [-0.25, -0.2) is 0 Å². The van der Waals surface area contributed by atoms with Gasteiger partial charge in [-0.2, -0.15) is 5.26 Å². The van der Waals surface area contributed by atoms with Crippen LogP contribution in [0.15, 0.2) is 46.6 Å². The van der Waals surface area contributed by atoms with E-state index in [1.54, 1.807) is 19.1 Å². The maximum Gasteiger partial charge on any atom is 0.267 e. The number of nitrogens with one attached hydrogen (secondary N) is 2. The molecule has 0 saturated heterocycles. The second-order valence-electron chi connectivity index (χ2n) is 4.73. The molecule has 6 heteroatoms. The highest BCUT2D eigenvalue weighted by Gasteiger charge is 2.12. The molecule has 2 heterocycles. The number of hydrogen-bond acceptors (Lipinski definition) is 4. The zero-order valence-corrected chi connectivity index (χ0v) is 11.8. The number of H-pyrrole nitrogens is 1. The highest BCUT2D eigenvalue weighted by molar-refractivity contribution is 6.10. The molecule has 108 valence electrons. The maximum absolute atomic E-state index is 12.1. The lowest BCUT2D eigenvalue weighted by Crippen LogP contribution is -2.13. The van der Waals surface area contributed by atoms with E-state index >= 15 is 0 Å². The van der Waals surface area contributed by atoms with Crippen LogP contribution in [-0.2, 0) is 4.79 Å². The number of benzene rings is 1. The summed E-state index contributed by atoms with van der Waals surface area (Å²) in [4.78, 5) is 15.2. The van der Waals surface area contributed by atoms with E-state index in [1.165, 1.54) is 0 Å². The van der Waals surface area contributed by atoms with Gasteiger partial charge >= 0.3 is 0 Å². The highest BCUT2D eigenvalue weighted by atomic mass is 16.5. The van der Waals surface area contributed by atoms with Gasteiger partial charge in [0.25, 0.3) is 5.91 Å². The van der Waals surface area contributed by atoms with Crippen LogP contribution in [0.4, 0.5) is 5.82 Å². The average Bonchev–Trinajstić information content (AvgIpc) is 3.13. The second-order valence-corrected chi connectivity index (χ2v) is 4.73. The van der Waals surface area contributed by atoms with Crippen LogP contribution in [0.5, 0.6) is 0 Å². The summed E-state index contributed by atoms with van der Waals surface area (Å²) in [5, 5.41) is 16.4. The van der Waals surface area contributed by atoms with Crippen molar-refractivity contribution in [2.75, 3.05) is 5.32 Å². The number of nitriles is 1. The van der Waals surface area contributed by atoms with Crippen molar-refractivity contribution in [3.63, 3.8) is 0 Å². The molecule has 0 fully saturated rings. The van der Waals surface area contributed by atoms with Gasteiger partial charge in [-0.05, 0) is 30.7 Å². The number of nitrogens with zero attached hydrogens (tertiary/aromatic N) is 2. The summed E-state index contributed by atoms with van der Waals surface area (Å²) in [6, 6.07) is 11.0. The topological polar surface area (TPSA) is 94.7 Å². The highest BCUT2D eigenvalue weighted by Crippen LogP contribution is 2.20. The first-order chi connectivity index (χ1) is 10.7. The molecule has 0 spiro atoms. The summed E-state index contributed by atoms with van der Waals surface area (Å²) < 4.78 is 4.87. The molecule has 3 rings (SSSR count). The van der Waals surface area contributed by atoms with E-state index < -0.39 is 5.91 Å². The van der Waals surface area contributed by atoms with E-state index in [4.69, 9.17) is 4.52 Å². The third-order valence-corrected chi connectivity index (χ3v) is 3.16. The first kappa shape index (κ1) is 13.6. The summed E-state index contributed by atoms with van der Waals surface area (Å²) >= 11 is 0. The lowest BCUT2D eigenvalue weighted by molar-refractivity contribution is -0.112. The molecule has 0 atom stereocenters. The fourth-order valence-corrected chi connectivity index (χ4v) is 2.15. The second kappa shape index (κ2) is 5.58. The molecule has 3 aromatic rings. The molecule has 0 radical (unpaired) electrons. The molecule has 22 heavy (non-hydrogen) atoms. The standard InChI is InChI=1S/C16H12N4O2/c1-10-7-15(20-22-10)19-16(21)12(9-17)8-11-3-2-4-14-13(11)5-6-18-14/h2-8,18H,1H3,(H,19,20,21)/b12-8+. The van der Waals surface area contributed by atoms with Gasteiger partial charge in [0, 0.05) is 23.2 Å². The quantitative estimate of drug-likeness (QED) is 0.573. The Bertz CT molecular complexity index is 912. The van der Waals surface area contributed by atoms with E-state index in [0.717, 1.165) is 16.5 Å². The van der Waals surface area contributed by atoms with Crippen LogP contribution in [-0.4, -0.2) is 16.0 Å². The number of fused-ring (bicyclic) bond motifs is 1. The Hall–Kier alpha value is -3.33. The van der Waals surface area contributed by atoms with Crippen LogP contribution in [0.3, 0.4) is 0 Å². The van der Waals surface area contributed by atoms with Crippen LogP contribution < -0.4 is 5.32 Å². The molecule has 0 saturated carbocycles. The fourth-order valence-electron chi connectivity index (χ4n) is 2.15. The molecule has 0 aliphatic rings. The summed E-state index contributed by atoms with van der Waals surface area (Å²) in [7, 11) is 0. The minimum absolute atomic E-state index is 0.00523. The van der Waals surface area contributed by atoms with E-state index in [-0.39, 0.29) is 11.4 Å². The molecule has 0 aliphatic heterocycles. The molecular weight excluding hydrogens is 280 g/mol. The van der Waals surface area contributed by atoms with Crippen LogP contribution in [0.2, 0.25) is 0 Å². The Morgan fingerprint density at radius 3 is 3.05 bits per heavy atom. The Morgan fingerprint density at radius 1 is 1.45 bits per heavy atom. The van der Waals surface area contributed by atoms with Crippen molar-refractivity contribution < 1.29 is 9.32 Å². The third-order valence-electron chi connectivity index (χ3n) is 3.16. The molecule has 0 aliphatic carbocycles. The molecule has 1 aromatic carbocycles. The van der Waals surface area contributed by atoms with E-state index in [2.05, 4.69) is 15.5 Å². The zero-order valence-electron chi connectivity index (χ0n) is 11.8. The first-order valence-corrected chi connectivity index (χ1v) is 6.60. The number of aromatic amines is 1. The van der Waals surface area contributed by atoms with Gasteiger partial charge in [0.2, 0.25) is 0 Å². The molecule has 0 unspecified atom stereocenters. The summed E-state index contributed by atoms with van der Waals surface area (Å²) in [6.45, 7) is 1.72. The average molecular weight is 292 g/mol. The zero-order chi connectivity index (χ0) is 15.5. The minimum Gasteiger partial charge on any atom is -0.361 e. The van der Waals surface area contributed by atoms with Gasteiger partial charge in [-0.3, -0.25) is 4.79 Å².